The fourth-order valence-electron chi connectivity index (χ4n) is 2.66. The fourth-order valence-corrected chi connectivity index (χ4v) is 2.66. The number of alkyl halides is 3. The van der Waals surface area contributed by atoms with Crippen LogP contribution < -0.4 is 4.74 Å². The highest BCUT2D eigenvalue weighted by Crippen LogP contribution is 2.41. The summed E-state index contributed by atoms with van der Waals surface area (Å²) >= 11 is 0. The zero-order chi connectivity index (χ0) is 17.4. The molecule has 0 fully saturated rings. The van der Waals surface area contributed by atoms with E-state index in [0.717, 1.165) is 18.2 Å². The van der Waals surface area contributed by atoms with E-state index in [1.54, 1.807) is 0 Å². The molecule has 0 spiro atoms. The highest BCUT2D eigenvalue weighted by molar-refractivity contribution is 6.04. The lowest BCUT2D eigenvalue weighted by atomic mass is 10.0. The SMILES string of the molecule is [C-]#[N+]c1cc(F)cc(Oc2ccc3c(c2C(F)F)CC(F)C3=O)c1. The van der Waals surface area contributed by atoms with E-state index in [9.17, 15) is 22.4 Å². The van der Waals surface area contributed by atoms with Crippen LogP contribution in [0.2, 0.25) is 0 Å². The van der Waals surface area contributed by atoms with Crippen LogP contribution in [0.5, 0.6) is 11.5 Å². The Hall–Kier alpha value is -2.88. The number of halogens is 4. The maximum absolute atomic E-state index is 13.5. The molecule has 1 aliphatic rings. The Morgan fingerprint density at radius 3 is 2.67 bits per heavy atom. The van der Waals surface area contributed by atoms with Crippen LogP contribution in [0.1, 0.15) is 27.9 Å². The van der Waals surface area contributed by atoms with Gasteiger partial charge in [0, 0.05) is 18.1 Å². The maximum atomic E-state index is 13.5. The second-order valence-corrected chi connectivity index (χ2v) is 5.20. The molecule has 1 aliphatic carbocycles. The number of benzene rings is 2. The molecule has 122 valence electrons. The Bertz CT molecular complexity index is 874. The number of fused-ring (bicyclic) bond motifs is 1. The van der Waals surface area contributed by atoms with Gasteiger partial charge in [0.2, 0.25) is 0 Å². The van der Waals surface area contributed by atoms with E-state index >= 15 is 0 Å². The molecule has 1 unspecified atom stereocenters. The molecule has 3 rings (SSSR count). The van der Waals surface area contributed by atoms with Gasteiger partial charge in [-0.15, -0.1) is 0 Å². The minimum Gasteiger partial charge on any atom is -0.458 e. The van der Waals surface area contributed by atoms with E-state index < -0.39 is 36.2 Å². The van der Waals surface area contributed by atoms with Crippen LogP contribution in [0, 0.1) is 12.4 Å². The average molecular weight is 335 g/mol. The number of ketones is 1. The monoisotopic (exact) mass is 335 g/mol. The quantitative estimate of drug-likeness (QED) is 0.571. The number of carbonyl (C=O) groups is 1. The predicted octanol–water partition coefficient (Wildman–Crippen LogP) is 5.18. The van der Waals surface area contributed by atoms with Gasteiger partial charge in [-0.3, -0.25) is 4.79 Å². The summed E-state index contributed by atoms with van der Waals surface area (Å²) in [5.41, 5.74) is -0.827. The van der Waals surface area contributed by atoms with E-state index in [2.05, 4.69) is 4.85 Å². The molecule has 0 saturated heterocycles. The summed E-state index contributed by atoms with van der Waals surface area (Å²) in [7, 11) is 0. The number of Topliss-reactive ketones (excluding diaryl/α,β-unsaturated/α-hetero) is 1. The fraction of sp³-hybridized carbons (Fsp3) is 0.176. The lowest BCUT2D eigenvalue weighted by Crippen LogP contribution is -2.07. The molecular formula is C17H9F4NO2. The molecule has 0 amide bonds. The summed E-state index contributed by atoms with van der Waals surface area (Å²) in [6, 6.07) is 5.46. The number of nitrogens with zero attached hydrogens (tertiary/aromatic N) is 1. The summed E-state index contributed by atoms with van der Waals surface area (Å²) in [6.07, 6.45) is -5.29. The Morgan fingerprint density at radius 1 is 1.25 bits per heavy atom. The smallest absolute Gasteiger partial charge is 0.267 e. The van der Waals surface area contributed by atoms with Crippen molar-refractivity contribution in [1.82, 2.24) is 0 Å². The van der Waals surface area contributed by atoms with Crippen molar-refractivity contribution in [1.29, 1.82) is 0 Å². The van der Waals surface area contributed by atoms with Gasteiger partial charge in [-0.2, -0.15) is 0 Å². The molecule has 24 heavy (non-hydrogen) atoms. The predicted molar refractivity (Wildman–Crippen MR) is 77.1 cm³/mol. The molecule has 3 nitrogen and oxygen atoms in total. The summed E-state index contributed by atoms with van der Waals surface area (Å²) in [4.78, 5) is 14.7. The van der Waals surface area contributed by atoms with Crippen LogP contribution in [0.15, 0.2) is 30.3 Å². The minimum absolute atomic E-state index is 0.0521. The molecule has 2 aromatic carbocycles. The average Bonchev–Trinajstić information content (AvgIpc) is 2.81. The molecular weight excluding hydrogens is 326 g/mol. The van der Waals surface area contributed by atoms with Gasteiger partial charge >= 0.3 is 0 Å². The van der Waals surface area contributed by atoms with Crippen LogP contribution in [-0.2, 0) is 6.42 Å². The van der Waals surface area contributed by atoms with E-state index in [1.165, 1.54) is 12.1 Å². The normalized spacial score (nSPS) is 16.2. The van der Waals surface area contributed by atoms with Crippen molar-refractivity contribution in [3.63, 3.8) is 0 Å². The Balaban J connectivity index is 2.07. The molecule has 1 atom stereocenters. The number of rotatable bonds is 3. The first kappa shape index (κ1) is 16.0. The second-order valence-electron chi connectivity index (χ2n) is 5.20. The van der Waals surface area contributed by atoms with Gasteiger partial charge in [0.1, 0.15) is 17.3 Å². The molecule has 7 heteroatoms. The standard InChI is InChI=1S/C17H9F4NO2/c1-22-9-4-8(18)5-10(6-9)24-14-3-2-11-12(15(14)17(20)21)7-13(19)16(11)23/h2-6,13,17H,7H2. The summed E-state index contributed by atoms with van der Waals surface area (Å²) in [6.45, 7) is 6.88. The van der Waals surface area contributed by atoms with Crippen molar-refractivity contribution in [2.75, 3.05) is 0 Å². The first-order valence-electron chi connectivity index (χ1n) is 6.89. The summed E-state index contributed by atoms with van der Waals surface area (Å²) in [5, 5.41) is 0. The van der Waals surface area contributed by atoms with Gasteiger partial charge in [-0.25, -0.2) is 22.4 Å². The van der Waals surface area contributed by atoms with Crippen LogP contribution in [0.3, 0.4) is 0 Å². The lowest BCUT2D eigenvalue weighted by Gasteiger charge is -2.14. The van der Waals surface area contributed by atoms with Crippen LogP contribution in [0.25, 0.3) is 4.85 Å². The largest absolute Gasteiger partial charge is 0.458 e. The van der Waals surface area contributed by atoms with Crippen molar-refractivity contribution in [3.8, 4) is 11.5 Å². The third kappa shape index (κ3) is 2.71. The van der Waals surface area contributed by atoms with Gasteiger partial charge < -0.3 is 4.74 Å². The van der Waals surface area contributed by atoms with Gasteiger partial charge in [0.05, 0.1) is 12.1 Å². The van der Waals surface area contributed by atoms with Gasteiger partial charge in [0.15, 0.2) is 17.6 Å². The second kappa shape index (κ2) is 5.96. The molecule has 0 saturated carbocycles. The highest BCUT2D eigenvalue weighted by atomic mass is 19.3. The first-order valence-corrected chi connectivity index (χ1v) is 6.89. The van der Waals surface area contributed by atoms with Crippen LogP contribution in [0.4, 0.5) is 23.2 Å². The van der Waals surface area contributed by atoms with Crippen molar-refractivity contribution >= 4 is 11.5 Å². The zero-order valence-corrected chi connectivity index (χ0v) is 12.0. The van der Waals surface area contributed by atoms with Crippen molar-refractivity contribution in [2.24, 2.45) is 0 Å². The molecule has 2 aromatic rings. The topological polar surface area (TPSA) is 30.7 Å². The highest BCUT2D eigenvalue weighted by Gasteiger charge is 2.35. The Kier molecular flexibility index (Phi) is 3.97. The van der Waals surface area contributed by atoms with E-state index in [-0.39, 0.29) is 28.3 Å². The summed E-state index contributed by atoms with van der Waals surface area (Å²) in [5.74, 6) is -2.02. The number of carbonyl (C=O) groups excluding carboxylic acids is 1. The Labute approximate surface area is 134 Å². The van der Waals surface area contributed by atoms with E-state index in [0.29, 0.717) is 0 Å². The van der Waals surface area contributed by atoms with Gasteiger partial charge in [-0.1, -0.05) is 0 Å². The van der Waals surface area contributed by atoms with Gasteiger partial charge in [0.25, 0.3) is 6.43 Å². The molecule has 0 aliphatic heterocycles. The first-order chi connectivity index (χ1) is 11.4. The molecule has 0 radical (unpaired) electrons. The lowest BCUT2D eigenvalue weighted by molar-refractivity contribution is 0.0899. The van der Waals surface area contributed by atoms with E-state index in [4.69, 9.17) is 11.3 Å². The van der Waals surface area contributed by atoms with Crippen molar-refractivity contribution < 1.29 is 27.1 Å². The molecule has 0 heterocycles. The molecule has 0 bridgehead atoms. The van der Waals surface area contributed by atoms with Gasteiger partial charge in [-0.05, 0) is 29.8 Å². The van der Waals surface area contributed by atoms with E-state index in [1.807, 2.05) is 0 Å². The van der Waals surface area contributed by atoms with Crippen LogP contribution in [-0.4, -0.2) is 12.0 Å². The Morgan fingerprint density at radius 2 is 2.00 bits per heavy atom. The van der Waals surface area contributed by atoms with Crippen molar-refractivity contribution in [3.05, 3.63) is 64.3 Å². The number of hydrogen-bond acceptors (Lipinski definition) is 2. The molecule has 0 N–H and O–H groups in total. The maximum Gasteiger partial charge on any atom is 0.267 e. The zero-order valence-electron chi connectivity index (χ0n) is 12.0. The van der Waals surface area contributed by atoms with Crippen molar-refractivity contribution in [2.45, 2.75) is 19.0 Å². The minimum atomic E-state index is -3.00. The van der Waals surface area contributed by atoms with Crippen LogP contribution >= 0.6 is 0 Å². The third-order valence-electron chi connectivity index (χ3n) is 3.68. The number of ether oxygens (including phenoxy) is 1. The number of hydrogen-bond donors (Lipinski definition) is 0. The third-order valence-corrected chi connectivity index (χ3v) is 3.68. The molecule has 0 aromatic heterocycles. The summed E-state index contributed by atoms with van der Waals surface area (Å²) < 4.78 is 59.1.